The van der Waals surface area contributed by atoms with Gasteiger partial charge in [-0.05, 0) is 54.6 Å². The number of ether oxygens (including phenoxy) is 3. The van der Waals surface area contributed by atoms with Crippen molar-refractivity contribution in [2.24, 2.45) is 0 Å². The van der Waals surface area contributed by atoms with Gasteiger partial charge in [-0.3, -0.25) is 9.52 Å². The number of hydrogen-bond donors (Lipinski definition) is 2. The van der Waals surface area contributed by atoms with Crippen molar-refractivity contribution >= 4 is 27.3 Å². The molecule has 172 valence electrons. The predicted octanol–water partition coefficient (Wildman–Crippen LogP) is 4.37. The fourth-order valence-electron chi connectivity index (χ4n) is 2.92. The van der Waals surface area contributed by atoms with Gasteiger partial charge in [0.2, 0.25) is 6.79 Å². The number of amides is 1. The molecular formula is C21H15F3N2O6S. The van der Waals surface area contributed by atoms with Gasteiger partial charge >= 0.3 is 6.36 Å². The second-order valence-corrected chi connectivity index (χ2v) is 8.41. The molecule has 12 heteroatoms. The third-order valence-electron chi connectivity index (χ3n) is 4.38. The molecule has 0 unspecified atom stereocenters. The minimum absolute atomic E-state index is 0.0270. The molecule has 33 heavy (non-hydrogen) atoms. The average Bonchev–Trinajstić information content (AvgIpc) is 3.22. The predicted molar refractivity (Wildman–Crippen MR) is 111 cm³/mol. The Morgan fingerprint density at radius 3 is 2.33 bits per heavy atom. The summed E-state index contributed by atoms with van der Waals surface area (Å²) in [6.45, 7) is 0.0424. The largest absolute Gasteiger partial charge is 0.573 e. The lowest BCUT2D eigenvalue weighted by Crippen LogP contribution is -2.17. The number of sulfonamides is 1. The van der Waals surface area contributed by atoms with Crippen LogP contribution in [0.2, 0.25) is 0 Å². The molecule has 0 aromatic heterocycles. The number of alkyl halides is 3. The monoisotopic (exact) mass is 480 g/mol. The van der Waals surface area contributed by atoms with E-state index in [1.807, 2.05) is 0 Å². The van der Waals surface area contributed by atoms with Crippen LogP contribution in [-0.4, -0.2) is 27.5 Å². The zero-order valence-electron chi connectivity index (χ0n) is 16.5. The van der Waals surface area contributed by atoms with Gasteiger partial charge in [-0.15, -0.1) is 13.2 Å². The molecule has 1 heterocycles. The second-order valence-electron chi connectivity index (χ2n) is 6.73. The van der Waals surface area contributed by atoms with Gasteiger partial charge < -0.3 is 19.5 Å². The van der Waals surface area contributed by atoms with E-state index in [2.05, 4.69) is 14.8 Å². The molecule has 0 saturated heterocycles. The van der Waals surface area contributed by atoms with E-state index in [0.717, 1.165) is 12.1 Å². The Labute approximate surface area is 185 Å². The third kappa shape index (κ3) is 5.47. The molecule has 3 aromatic carbocycles. The Morgan fingerprint density at radius 2 is 1.61 bits per heavy atom. The maximum atomic E-state index is 12.8. The quantitative estimate of drug-likeness (QED) is 0.543. The lowest BCUT2D eigenvalue weighted by atomic mass is 10.2. The van der Waals surface area contributed by atoms with E-state index >= 15 is 0 Å². The zero-order chi connectivity index (χ0) is 23.6. The summed E-state index contributed by atoms with van der Waals surface area (Å²) in [5.41, 5.74) is 0.468. The smallest absolute Gasteiger partial charge is 0.454 e. The van der Waals surface area contributed by atoms with Crippen LogP contribution in [0.4, 0.5) is 24.5 Å². The summed E-state index contributed by atoms with van der Waals surface area (Å²) in [7, 11) is -4.03. The van der Waals surface area contributed by atoms with Gasteiger partial charge in [0.25, 0.3) is 15.9 Å². The highest BCUT2D eigenvalue weighted by atomic mass is 32.2. The van der Waals surface area contributed by atoms with E-state index in [9.17, 15) is 26.4 Å². The molecule has 0 saturated carbocycles. The molecular weight excluding hydrogens is 465 g/mol. The highest BCUT2D eigenvalue weighted by molar-refractivity contribution is 7.92. The highest BCUT2D eigenvalue weighted by Gasteiger charge is 2.31. The Balaban J connectivity index is 1.47. The van der Waals surface area contributed by atoms with E-state index < -0.39 is 28.0 Å². The molecule has 8 nitrogen and oxygen atoms in total. The number of anilines is 2. The van der Waals surface area contributed by atoms with Crippen molar-refractivity contribution in [3.05, 3.63) is 72.3 Å². The van der Waals surface area contributed by atoms with Crippen LogP contribution in [0.5, 0.6) is 17.2 Å². The van der Waals surface area contributed by atoms with Gasteiger partial charge in [0.1, 0.15) is 5.75 Å². The van der Waals surface area contributed by atoms with Crippen LogP contribution in [0.25, 0.3) is 0 Å². The summed E-state index contributed by atoms with van der Waals surface area (Å²) in [5, 5.41) is 2.48. The van der Waals surface area contributed by atoms with Crippen LogP contribution in [-0.2, 0) is 10.0 Å². The lowest BCUT2D eigenvalue weighted by molar-refractivity contribution is -0.274. The van der Waals surface area contributed by atoms with Crippen molar-refractivity contribution < 1.29 is 40.6 Å². The average molecular weight is 480 g/mol. The van der Waals surface area contributed by atoms with Crippen molar-refractivity contribution in [2.75, 3.05) is 16.8 Å². The first-order valence-electron chi connectivity index (χ1n) is 9.29. The Morgan fingerprint density at radius 1 is 0.909 bits per heavy atom. The minimum atomic E-state index is -4.83. The van der Waals surface area contributed by atoms with Crippen LogP contribution in [0.15, 0.2) is 71.6 Å². The molecule has 1 amide bonds. The number of carbonyl (C=O) groups excluding carboxylic acids is 1. The lowest BCUT2D eigenvalue weighted by Gasteiger charge is -2.11. The Kier molecular flexibility index (Phi) is 5.77. The molecule has 0 radical (unpaired) electrons. The van der Waals surface area contributed by atoms with Crippen LogP contribution in [0.1, 0.15) is 10.4 Å². The first-order chi connectivity index (χ1) is 15.6. The van der Waals surface area contributed by atoms with Gasteiger partial charge in [0.05, 0.1) is 10.6 Å². The molecule has 1 aliphatic heterocycles. The standard InChI is InChI=1S/C21H15F3N2O6S/c22-21(23,24)32-16-7-4-14(5-8-16)25-20(27)13-2-1-3-17(10-13)33(28,29)26-15-6-9-18-19(11-15)31-12-30-18/h1-11,26H,12H2,(H,25,27). The molecule has 4 rings (SSSR count). The number of carbonyl (C=O) groups is 1. The zero-order valence-corrected chi connectivity index (χ0v) is 17.4. The second kappa shape index (κ2) is 8.54. The van der Waals surface area contributed by atoms with Crippen molar-refractivity contribution in [1.29, 1.82) is 0 Å². The van der Waals surface area contributed by atoms with Gasteiger partial charge in [0, 0.05) is 17.3 Å². The summed E-state index contributed by atoms with van der Waals surface area (Å²) in [6.07, 6.45) is -4.83. The normalized spacial score (nSPS) is 12.8. The molecule has 0 fully saturated rings. The summed E-state index contributed by atoms with van der Waals surface area (Å²) >= 11 is 0. The SMILES string of the molecule is O=C(Nc1ccc(OC(F)(F)F)cc1)c1cccc(S(=O)(=O)Nc2ccc3c(c2)OCO3)c1. The number of hydrogen-bond acceptors (Lipinski definition) is 6. The first kappa shape index (κ1) is 22.3. The fraction of sp³-hybridized carbons (Fsp3) is 0.0952. The Bertz CT molecular complexity index is 1290. The van der Waals surface area contributed by atoms with Gasteiger partial charge in [0.15, 0.2) is 11.5 Å². The highest BCUT2D eigenvalue weighted by Crippen LogP contribution is 2.35. The van der Waals surface area contributed by atoms with Crippen LogP contribution >= 0.6 is 0 Å². The Hall–Kier alpha value is -3.93. The van der Waals surface area contributed by atoms with Gasteiger partial charge in [-0.25, -0.2) is 8.42 Å². The summed E-state index contributed by atoms with van der Waals surface area (Å²) < 4.78 is 78.9. The molecule has 2 N–H and O–H groups in total. The number of nitrogens with one attached hydrogen (secondary N) is 2. The molecule has 0 bridgehead atoms. The van der Waals surface area contributed by atoms with E-state index in [0.29, 0.717) is 11.5 Å². The first-order valence-corrected chi connectivity index (χ1v) is 10.8. The van der Waals surface area contributed by atoms with Gasteiger partial charge in [-0.1, -0.05) is 6.07 Å². The van der Waals surface area contributed by atoms with E-state index in [1.165, 1.54) is 48.5 Å². The summed E-state index contributed by atoms with van der Waals surface area (Å²) in [5.74, 6) is -0.201. The van der Waals surface area contributed by atoms with Crippen molar-refractivity contribution in [1.82, 2.24) is 0 Å². The molecule has 0 aliphatic carbocycles. The maximum absolute atomic E-state index is 12.8. The fourth-order valence-corrected chi connectivity index (χ4v) is 4.02. The third-order valence-corrected chi connectivity index (χ3v) is 5.76. The minimum Gasteiger partial charge on any atom is -0.454 e. The molecule has 1 aliphatic rings. The molecule has 0 atom stereocenters. The van der Waals surface area contributed by atoms with E-state index in [4.69, 9.17) is 9.47 Å². The number of benzene rings is 3. The van der Waals surface area contributed by atoms with Gasteiger partial charge in [-0.2, -0.15) is 0 Å². The number of fused-ring (bicyclic) bond motifs is 1. The van der Waals surface area contributed by atoms with Crippen molar-refractivity contribution in [2.45, 2.75) is 11.3 Å². The van der Waals surface area contributed by atoms with E-state index in [1.54, 1.807) is 6.07 Å². The van der Waals surface area contributed by atoms with Crippen LogP contribution in [0.3, 0.4) is 0 Å². The summed E-state index contributed by atoms with van der Waals surface area (Å²) in [4.78, 5) is 12.4. The van der Waals surface area contributed by atoms with E-state index in [-0.39, 0.29) is 28.6 Å². The number of halogens is 3. The van der Waals surface area contributed by atoms with Crippen LogP contribution < -0.4 is 24.2 Å². The van der Waals surface area contributed by atoms with Crippen molar-refractivity contribution in [3.8, 4) is 17.2 Å². The topological polar surface area (TPSA) is 103 Å². The molecule has 0 spiro atoms. The van der Waals surface area contributed by atoms with Crippen molar-refractivity contribution in [3.63, 3.8) is 0 Å². The maximum Gasteiger partial charge on any atom is 0.573 e. The summed E-state index contributed by atoms with van der Waals surface area (Å²) in [6, 6.07) is 14.4. The van der Waals surface area contributed by atoms with Crippen LogP contribution in [0, 0.1) is 0 Å². The molecule has 3 aromatic rings. The number of rotatable bonds is 6.